The first-order chi connectivity index (χ1) is 8.59. The lowest BCUT2D eigenvalue weighted by Crippen LogP contribution is -2.22. The Morgan fingerprint density at radius 3 is 2.11 bits per heavy atom. The van der Waals surface area contributed by atoms with Crippen LogP contribution >= 0.6 is 11.6 Å². The molecule has 0 spiro atoms. The summed E-state index contributed by atoms with van der Waals surface area (Å²) in [4.78, 5) is 21.9. The monoisotopic (exact) mass is 259 g/mol. The summed E-state index contributed by atoms with van der Waals surface area (Å²) in [5, 5.41) is 10.4. The van der Waals surface area contributed by atoms with Gasteiger partial charge in [-0.1, -0.05) is 36.4 Å². The van der Waals surface area contributed by atoms with Gasteiger partial charge in [-0.3, -0.25) is 4.79 Å². The fourth-order valence-corrected chi connectivity index (χ4v) is 1.82. The molecule has 0 aliphatic heterocycles. The first-order valence-electron chi connectivity index (χ1n) is 5.20. The summed E-state index contributed by atoms with van der Waals surface area (Å²) in [7, 11) is 0. The van der Waals surface area contributed by atoms with Gasteiger partial charge in [-0.05, 0) is 34.9 Å². The Morgan fingerprint density at radius 2 is 1.56 bits per heavy atom. The highest BCUT2D eigenvalue weighted by Crippen LogP contribution is 2.23. The molecule has 2 aromatic rings. The smallest absolute Gasteiger partial charge is 0.252 e. The van der Waals surface area contributed by atoms with Gasteiger partial charge in [0, 0.05) is 11.1 Å². The van der Waals surface area contributed by atoms with Gasteiger partial charge in [0.25, 0.3) is 5.24 Å². The molecule has 0 N–H and O–H groups in total. The molecule has 3 nitrogen and oxygen atoms in total. The number of carboxylic acid groups (broad SMARTS) is 1. The molecule has 4 heteroatoms. The minimum Gasteiger partial charge on any atom is -0.545 e. The van der Waals surface area contributed by atoms with E-state index in [0.717, 1.165) is 0 Å². The maximum absolute atomic E-state index is 11.0. The van der Waals surface area contributed by atoms with Gasteiger partial charge in [0.2, 0.25) is 0 Å². The van der Waals surface area contributed by atoms with E-state index in [2.05, 4.69) is 0 Å². The minimum atomic E-state index is -1.23. The summed E-state index contributed by atoms with van der Waals surface area (Å²) in [6, 6.07) is 12.9. The average Bonchev–Trinajstić information content (AvgIpc) is 2.39. The van der Waals surface area contributed by atoms with Crippen molar-refractivity contribution in [2.75, 3.05) is 0 Å². The van der Waals surface area contributed by atoms with E-state index in [1.54, 1.807) is 42.5 Å². The van der Waals surface area contributed by atoms with E-state index >= 15 is 0 Å². The third kappa shape index (κ3) is 2.41. The molecule has 90 valence electrons. The van der Waals surface area contributed by atoms with E-state index in [0.29, 0.717) is 16.7 Å². The molecule has 2 rings (SSSR count). The molecule has 2 aromatic carbocycles. The molecule has 0 radical (unpaired) electrons. The molecule has 0 amide bonds. The number of rotatable bonds is 3. The summed E-state index contributed by atoms with van der Waals surface area (Å²) < 4.78 is 0. The summed E-state index contributed by atoms with van der Waals surface area (Å²) >= 11 is 5.34. The number of hydrogen-bond acceptors (Lipinski definition) is 3. The number of halogens is 1. The molecule has 0 atom stereocenters. The number of carbonyl (C=O) groups is 2. The van der Waals surface area contributed by atoms with Crippen molar-refractivity contribution >= 4 is 22.8 Å². The van der Waals surface area contributed by atoms with Gasteiger partial charge in [0.15, 0.2) is 0 Å². The number of benzene rings is 2. The van der Waals surface area contributed by atoms with Crippen molar-refractivity contribution in [3.8, 4) is 11.1 Å². The molecule has 0 bridgehead atoms. The quantitative estimate of drug-likeness (QED) is 0.793. The zero-order chi connectivity index (χ0) is 13.1. The van der Waals surface area contributed by atoms with E-state index < -0.39 is 11.2 Å². The molecule has 0 aromatic heterocycles. The van der Waals surface area contributed by atoms with Crippen LogP contribution in [-0.4, -0.2) is 11.2 Å². The SMILES string of the molecule is O=C(Cl)c1ccc(-c2ccccc2C(=O)[O-])cc1. The summed E-state index contributed by atoms with van der Waals surface area (Å²) in [5.41, 5.74) is 1.72. The maximum atomic E-state index is 11.0. The van der Waals surface area contributed by atoms with Crippen LogP contribution in [0.4, 0.5) is 0 Å². The van der Waals surface area contributed by atoms with E-state index in [1.807, 2.05) is 0 Å². The fourth-order valence-electron chi connectivity index (χ4n) is 1.69. The van der Waals surface area contributed by atoms with Crippen LogP contribution in [0.5, 0.6) is 0 Å². The van der Waals surface area contributed by atoms with Crippen LogP contribution in [0.25, 0.3) is 11.1 Å². The molecule has 0 fully saturated rings. The van der Waals surface area contributed by atoms with Gasteiger partial charge >= 0.3 is 0 Å². The van der Waals surface area contributed by atoms with Gasteiger partial charge in [0.1, 0.15) is 0 Å². The predicted molar refractivity (Wildman–Crippen MR) is 66.4 cm³/mol. The van der Waals surface area contributed by atoms with Gasteiger partial charge < -0.3 is 9.90 Å². The lowest BCUT2D eigenvalue weighted by Gasteiger charge is -2.10. The molecule has 0 saturated carbocycles. The average molecular weight is 260 g/mol. The summed E-state index contributed by atoms with van der Waals surface area (Å²) in [6.07, 6.45) is 0. The topological polar surface area (TPSA) is 57.2 Å². The Kier molecular flexibility index (Phi) is 3.44. The molecule has 0 unspecified atom stereocenters. The first-order valence-corrected chi connectivity index (χ1v) is 5.58. The highest BCUT2D eigenvalue weighted by Gasteiger charge is 2.06. The molecular weight excluding hydrogens is 252 g/mol. The Bertz CT molecular complexity index is 603. The summed E-state index contributed by atoms with van der Waals surface area (Å²) in [5.74, 6) is -1.23. The van der Waals surface area contributed by atoms with Crippen molar-refractivity contribution < 1.29 is 14.7 Å². The van der Waals surface area contributed by atoms with Crippen molar-refractivity contribution in [3.63, 3.8) is 0 Å². The van der Waals surface area contributed by atoms with Crippen molar-refractivity contribution in [1.29, 1.82) is 0 Å². The van der Waals surface area contributed by atoms with E-state index in [-0.39, 0.29) is 5.56 Å². The van der Waals surface area contributed by atoms with Gasteiger partial charge in [-0.25, -0.2) is 0 Å². The van der Waals surface area contributed by atoms with Crippen LogP contribution in [0.3, 0.4) is 0 Å². The Labute approximate surface area is 109 Å². The highest BCUT2D eigenvalue weighted by molar-refractivity contribution is 6.67. The second kappa shape index (κ2) is 5.02. The third-order valence-corrected chi connectivity index (χ3v) is 2.79. The number of carboxylic acids is 1. The van der Waals surface area contributed by atoms with Crippen LogP contribution in [0, 0.1) is 0 Å². The van der Waals surface area contributed by atoms with E-state index in [9.17, 15) is 14.7 Å². The van der Waals surface area contributed by atoms with Crippen LogP contribution in [0.15, 0.2) is 48.5 Å². The summed E-state index contributed by atoms with van der Waals surface area (Å²) in [6.45, 7) is 0. The molecule has 0 heterocycles. The minimum absolute atomic E-state index is 0.113. The number of aromatic carboxylic acids is 1. The van der Waals surface area contributed by atoms with Crippen LogP contribution in [-0.2, 0) is 0 Å². The van der Waals surface area contributed by atoms with Crippen molar-refractivity contribution in [2.24, 2.45) is 0 Å². The second-order valence-corrected chi connectivity index (χ2v) is 4.03. The van der Waals surface area contributed by atoms with Crippen LogP contribution in [0.2, 0.25) is 0 Å². The Morgan fingerprint density at radius 1 is 0.944 bits per heavy atom. The standard InChI is InChI=1S/C14H9ClO3/c15-13(16)10-7-5-9(6-8-10)11-3-1-2-4-12(11)14(17)18/h1-8H,(H,17,18)/p-1. The molecule has 18 heavy (non-hydrogen) atoms. The van der Waals surface area contributed by atoms with Gasteiger partial charge in [-0.2, -0.15) is 0 Å². The first kappa shape index (κ1) is 12.3. The second-order valence-electron chi connectivity index (χ2n) is 3.68. The van der Waals surface area contributed by atoms with Crippen LogP contribution < -0.4 is 5.11 Å². The molecule has 0 saturated heterocycles. The molecule has 0 aliphatic rings. The normalized spacial score (nSPS) is 10.1. The molecule has 0 aliphatic carbocycles. The van der Waals surface area contributed by atoms with Gasteiger partial charge in [-0.15, -0.1) is 0 Å². The van der Waals surface area contributed by atoms with Crippen molar-refractivity contribution in [1.82, 2.24) is 0 Å². The molecular formula is C14H8ClO3-. The predicted octanol–water partition coefficient (Wildman–Crippen LogP) is 2.10. The zero-order valence-corrected chi connectivity index (χ0v) is 9.98. The Hall–Kier alpha value is -2.13. The van der Waals surface area contributed by atoms with E-state index in [1.165, 1.54) is 6.07 Å². The number of carbonyl (C=O) groups excluding carboxylic acids is 2. The lowest BCUT2D eigenvalue weighted by atomic mass is 9.99. The highest BCUT2D eigenvalue weighted by atomic mass is 35.5. The van der Waals surface area contributed by atoms with Crippen molar-refractivity contribution in [3.05, 3.63) is 59.7 Å². The van der Waals surface area contributed by atoms with Gasteiger partial charge in [0.05, 0.1) is 5.97 Å². The maximum Gasteiger partial charge on any atom is 0.252 e. The lowest BCUT2D eigenvalue weighted by molar-refractivity contribution is -0.254. The van der Waals surface area contributed by atoms with E-state index in [4.69, 9.17) is 11.6 Å². The third-order valence-electron chi connectivity index (χ3n) is 2.57. The largest absolute Gasteiger partial charge is 0.545 e. The fraction of sp³-hybridized carbons (Fsp3) is 0. The number of hydrogen-bond donors (Lipinski definition) is 0. The van der Waals surface area contributed by atoms with Crippen molar-refractivity contribution in [2.45, 2.75) is 0 Å². The Balaban J connectivity index is 2.49. The zero-order valence-electron chi connectivity index (χ0n) is 9.22. The van der Waals surface area contributed by atoms with Crippen LogP contribution in [0.1, 0.15) is 20.7 Å².